The second-order valence-electron chi connectivity index (χ2n) is 9.53. The number of benzene rings is 3. The average Bonchev–Trinajstić information content (AvgIpc) is 3.45. The molecule has 0 unspecified atom stereocenters. The number of halogens is 1. The van der Waals surface area contributed by atoms with Crippen LogP contribution in [0.4, 0.5) is 5.69 Å². The van der Waals surface area contributed by atoms with Crippen LogP contribution in [-0.4, -0.2) is 45.3 Å². The molecule has 0 aliphatic rings. The quantitative estimate of drug-likeness (QED) is 0.0838. The van der Waals surface area contributed by atoms with E-state index in [0.717, 1.165) is 22.4 Å². The van der Waals surface area contributed by atoms with Gasteiger partial charge in [0.25, 0.3) is 5.91 Å². The van der Waals surface area contributed by atoms with Crippen molar-refractivity contribution >= 4 is 40.7 Å². The maximum Gasteiger partial charge on any atom is 0.277 e. The summed E-state index contributed by atoms with van der Waals surface area (Å²) in [7, 11) is 0. The van der Waals surface area contributed by atoms with Gasteiger partial charge in [0.2, 0.25) is 0 Å². The number of anilines is 1. The molecule has 5 rings (SSSR count). The standard InChI is InChI=1S/C34H32ClN5O2S/c1-3-39(31-24-40(37-32(31)35)29-21-14-22-36-23-29)33(41)30(38-42-4-2)25-43-34(26-15-8-5-9-16-26,27-17-10-6-11-18-27)28-19-12-7-13-20-28/h5-24H,3-4,25H2,1-2H3/b38-30+. The molecule has 0 N–H and O–H groups in total. The number of carbonyl (C=O) groups is 1. The van der Waals surface area contributed by atoms with Gasteiger partial charge in [-0.1, -0.05) is 108 Å². The van der Waals surface area contributed by atoms with Gasteiger partial charge in [-0.15, -0.1) is 11.8 Å². The van der Waals surface area contributed by atoms with Crippen molar-refractivity contribution in [1.29, 1.82) is 0 Å². The Hall–Kier alpha value is -4.40. The molecular weight excluding hydrogens is 578 g/mol. The number of rotatable bonds is 12. The van der Waals surface area contributed by atoms with Crippen LogP contribution in [-0.2, 0) is 14.4 Å². The van der Waals surface area contributed by atoms with Gasteiger partial charge in [-0.3, -0.25) is 9.78 Å². The highest BCUT2D eigenvalue weighted by Gasteiger charge is 2.38. The van der Waals surface area contributed by atoms with E-state index < -0.39 is 4.75 Å². The van der Waals surface area contributed by atoms with Gasteiger partial charge in [0.1, 0.15) is 12.3 Å². The summed E-state index contributed by atoms with van der Waals surface area (Å²) < 4.78 is 0.983. The number of amides is 1. The molecule has 1 amide bonds. The maximum absolute atomic E-state index is 14.2. The fraction of sp³-hybridized carbons (Fsp3) is 0.176. The Labute approximate surface area is 261 Å². The van der Waals surface area contributed by atoms with Gasteiger partial charge in [0.05, 0.1) is 22.8 Å². The molecule has 0 bridgehead atoms. The van der Waals surface area contributed by atoms with Crippen LogP contribution < -0.4 is 4.90 Å². The van der Waals surface area contributed by atoms with Crippen molar-refractivity contribution in [1.82, 2.24) is 14.8 Å². The predicted octanol–water partition coefficient (Wildman–Crippen LogP) is 7.39. The van der Waals surface area contributed by atoms with Crippen LogP contribution in [0.5, 0.6) is 0 Å². The van der Waals surface area contributed by atoms with Gasteiger partial charge < -0.3 is 9.74 Å². The minimum atomic E-state index is -0.628. The Morgan fingerprint density at radius 2 is 1.49 bits per heavy atom. The molecule has 0 aliphatic carbocycles. The Bertz CT molecular complexity index is 1550. The first-order chi connectivity index (χ1) is 21.1. The highest BCUT2D eigenvalue weighted by Crippen LogP contribution is 2.48. The predicted molar refractivity (Wildman–Crippen MR) is 175 cm³/mol. The van der Waals surface area contributed by atoms with E-state index in [-0.39, 0.29) is 22.5 Å². The molecule has 218 valence electrons. The third kappa shape index (κ3) is 6.50. The molecule has 5 aromatic rings. The molecule has 3 aromatic carbocycles. The summed E-state index contributed by atoms with van der Waals surface area (Å²) in [4.78, 5) is 25.4. The first-order valence-corrected chi connectivity index (χ1v) is 15.4. The van der Waals surface area contributed by atoms with E-state index in [0.29, 0.717) is 18.8 Å². The zero-order chi connectivity index (χ0) is 30.1. The number of nitrogens with zero attached hydrogens (tertiary/aromatic N) is 5. The van der Waals surface area contributed by atoms with Crippen LogP contribution in [0.2, 0.25) is 5.15 Å². The van der Waals surface area contributed by atoms with Crippen molar-refractivity contribution in [3.05, 3.63) is 144 Å². The van der Waals surface area contributed by atoms with Gasteiger partial charge >= 0.3 is 0 Å². The number of hydrogen-bond acceptors (Lipinski definition) is 6. The van der Waals surface area contributed by atoms with Crippen LogP contribution in [0.1, 0.15) is 30.5 Å². The summed E-state index contributed by atoms with van der Waals surface area (Å²) in [6.45, 7) is 4.42. The molecule has 0 radical (unpaired) electrons. The Balaban J connectivity index is 1.54. The van der Waals surface area contributed by atoms with E-state index in [9.17, 15) is 4.79 Å². The van der Waals surface area contributed by atoms with E-state index in [1.807, 2.05) is 80.6 Å². The van der Waals surface area contributed by atoms with Crippen LogP contribution in [0.3, 0.4) is 0 Å². The lowest BCUT2D eigenvalue weighted by Crippen LogP contribution is -2.39. The lowest BCUT2D eigenvalue weighted by Gasteiger charge is -2.35. The van der Waals surface area contributed by atoms with Crippen LogP contribution in [0.25, 0.3) is 5.69 Å². The fourth-order valence-corrected chi connectivity index (χ4v) is 6.61. The first kappa shape index (κ1) is 30.1. The summed E-state index contributed by atoms with van der Waals surface area (Å²) in [6.07, 6.45) is 5.10. The van der Waals surface area contributed by atoms with Gasteiger partial charge in [-0.2, -0.15) is 5.10 Å². The van der Waals surface area contributed by atoms with Crippen LogP contribution in [0.15, 0.2) is 127 Å². The second kappa shape index (κ2) is 14.2. The monoisotopic (exact) mass is 609 g/mol. The number of pyridine rings is 1. The van der Waals surface area contributed by atoms with Gasteiger partial charge in [0.15, 0.2) is 10.9 Å². The molecular formula is C34H32ClN5O2S. The molecule has 7 nitrogen and oxygen atoms in total. The maximum atomic E-state index is 14.2. The van der Waals surface area contributed by atoms with Crippen molar-refractivity contribution in [3.8, 4) is 5.69 Å². The largest absolute Gasteiger partial charge is 0.396 e. The molecule has 2 heterocycles. The number of thioether (sulfide) groups is 1. The first-order valence-electron chi connectivity index (χ1n) is 14.0. The lowest BCUT2D eigenvalue weighted by atomic mass is 9.84. The van der Waals surface area contributed by atoms with E-state index in [2.05, 4.69) is 51.6 Å². The lowest BCUT2D eigenvalue weighted by molar-refractivity contribution is -0.112. The second-order valence-corrected chi connectivity index (χ2v) is 11.1. The van der Waals surface area contributed by atoms with Crippen molar-refractivity contribution in [3.63, 3.8) is 0 Å². The molecule has 43 heavy (non-hydrogen) atoms. The topological polar surface area (TPSA) is 72.6 Å². The molecule has 0 fully saturated rings. The minimum Gasteiger partial charge on any atom is -0.396 e. The van der Waals surface area contributed by atoms with E-state index in [1.165, 1.54) is 0 Å². The Morgan fingerprint density at radius 3 is 1.98 bits per heavy atom. The molecule has 2 aromatic heterocycles. The summed E-state index contributed by atoms with van der Waals surface area (Å²) in [5.74, 6) is -0.0401. The zero-order valence-electron chi connectivity index (χ0n) is 24.0. The van der Waals surface area contributed by atoms with Crippen molar-refractivity contribution in [2.45, 2.75) is 18.6 Å². The molecule has 0 spiro atoms. The molecule has 0 atom stereocenters. The van der Waals surface area contributed by atoms with Crippen molar-refractivity contribution < 1.29 is 9.63 Å². The third-order valence-electron chi connectivity index (χ3n) is 6.93. The normalized spacial score (nSPS) is 11.7. The highest BCUT2D eigenvalue weighted by molar-refractivity contribution is 8.01. The van der Waals surface area contributed by atoms with Gasteiger partial charge in [-0.25, -0.2) is 4.68 Å². The van der Waals surface area contributed by atoms with Crippen molar-refractivity contribution in [2.75, 3.05) is 23.8 Å². The summed E-state index contributed by atoms with van der Waals surface area (Å²) >= 11 is 8.21. The molecule has 9 heteroatoms. The minimum absolute atomic E-state index is 0.203. The SMILES string of the molecule is CCO/N=C(\CSC(c1ccccc1)(c1ccccc1)c1ccccc1)C(=O)N(CC)c1cn(-c2cccnc2)nc1Cl. The Morgan fingerprint density at radius 1 is 0.907 bits per heavy atom. The third-order valence-corrected chi connectivity index (χ3v) is 8.76. The van der Waals surface area contributed by atoms with Gasteiger partial charge in [0, 0.05) is 18.5 Å². The number of carbonyl (C=O) groups excluding carboxylic acids is 1. The summed E-state index contributed by atoms with van der Waals surface area (Å²) in [6, 6.07) is 34.7. The highest BCUT2D eigenvalue weighted by atomic mass is 35.5. The summed E-state index contributed by atoms with van der Waals surface area (Å²) in [5, 5.41) is 8.97. The van der Waals surface area contributed by atoms with E-state index in [1.54, 1.807) is 39.9 Å². The van der Waals surface area contributed by atoms with Crippen molar-refractivity contribution in [2.24, 2.45) is 5.16 Å². The smallest absolute Gasteiger partial charge is 0.277 e. The van der Waals surface area contributed by atoms with Gasteiger partial charge in [-0.05, 0) is 42.7 Å². The Kier molecular flexibility index (Phi) is 9.92. The van der Waals surface area contributed by atoms with E-state index >= 15 is 0 Å². The molecule has 0 aliphatic heterocycles. The summed E-state index contributed by atoms with van der Waals surface area (Å²) in [5.41, 5.74) is 4.76. The van der Waals surface area contributed by atoms with Crippen LogP contribution >= 0.6 is 23.4 Å². The molecule has 0 saturated carbocycles. The fourth-order valence-electron chi connectivity index (χ4n) is 4.94. The number of aromatic nitrogens is 3. The number of hydrogen-bond donors (Lipinski definition) is 0. The zero-order valence-corrected chi connectivity index (χ0v) is 25.6. The number of oxime groups is 1. The van der Waals surface area contributed by atoms with Crippen LogP contribution in [0, 0.1) is 0 Å². The van der Waals surface area contributed by atoms with E-state index in [4.69, 9.17) is 16.4 Å². The molecule has 0 saturated heterocycles. The average molecular weight is 610 g/mol.